The van der Waals surface area contributed by atoms with Crippen molar-refractivity contribution in [1.29, 1.82) is 0 Å². The summed E-state index contributed by atoms with van der Waals surface area (Å²) in [5.41, 5.74) is 3.15. The molecule has 3 heterocycles. The molecule has 6 heteroatoms. The Labute approximate surface area is 169 Å². The van der Waals surface area contributed by atoms with Crippen LogP contribution < -0.4 is 10.2 Å². The first-order chi connectivity index (χ1) is 13.7. The van der Waals surface area contributed by atoms with Gasteiger partial charge in [0.25, 0.3) is 0 Å². The van der Waals surface area contributed by atoms with Gasteiger partial charge in [0.2, 0.25) is 11.8 Å². The van der Waals surface area contributed by atoms with Crippen molar-refractivity contribution < 1.29 is 9.59 Å². The van der Waals surface area contributed by atoms with Crippen LogP contribution in [0.1, 0.15) is 42.2 Å². The van der Waals surface area contributed by atoms with Crippen LogP contribution in [0.4, 0.5) is 11.4 Å². The molecule has 5 rings (SSSR count). The fourth-order valence-corrected chi connectivity index (χ4v) is 5.48. The number of carbonyl (C=O) groups is 2. The van der Waals surface area contributed by atoms with Gasteiger partial charge in [-0.1, -0.05) is 0 Å². The summed E-state index contributed by atoms with van der Waals surface area (Å²) in [6.45, 7) is 2.17. The minimum atomic E-state index is 0.0364. The number of amides is 2. The Morgan fingerprint density at radius 3 is 2.64 bits per heavy atom. The monoisotopic (exact) mass is 395 g/mol. The largest absolute Gasteiger partial charge is 0.325 e. The third kappa shape index (κ3) is 3.47. The number of hydrogen-bond acceptors (Lipinski definition) is 4. The van der Waals surface area contributed by atoms with E-state index in [2.05, 4.69) is 21.7 Å². The number of fused-ring (bicyclic) bond motifs is 1. The van der Waals surface area contributed by atoms with Gasteiger partial charge < -0.3 is 10.2 Å². The summed E-state index contributed by atoms with van der Waals surface area (Å²) in [4.78, 5) is 30.2. The second kappa shape index (κ2) is 7.33. The van der Waals surface area contributed by atoms with Crippen molar-refractivity contribution in [3.8, 4) is 0 Å². The van der Waals surface area contributed by atoms with Crippen LogP contribution in [0.3, 0.4) is 0 Å². The van der Waals surface area contributed by atoms with E-state index in [-0.39, 0.29) is 11.8 Å². The minimum Gasteiger partial charge on any atom is -0.325 e. The lowest BCUT2D eigenvalue weighted by Crippen LogP contribution is -2.41. The predicted octanol–water partition coefficient (Wildman–Crippen LogP) is 3.82. The molecule has 1 aromatic carbocycles. The molecule has 0 bridgehead atoms. The van der Waals surface area contributed by atoms with E-state index in [0.29, 0.717) is 24.9 Å². The number of anilines is 2. The van der Waals surface area contributed by atoms with E-state index in [1.807, 2.05) is 40.5 Å². The molecule has 2 aliphatic heterocycles. The highest BCUT2D eigenvalue weighted by Crippen LogP contribution is 2.48. The number of carbonyl (C=O) groups excluding carboxylic acids is 2. The molecule has 2 aromatic rings. The molecule has 0 unspecified atom stereocenters. The van der Waals surface area contributed by atoms with E-state index in [4.69, 9.17) is 0 Å². The van der Waals surface area contributed by atoms with E-state index in [9.17, 15) is 9.59 Å². The molecular weight excluding hydrogens is 370 g/mol. The Kier molecular flexibility index (Phi) is 4.69. The maximum Gasteiger partial charge on any atom is 0.238 e. The predicted molar refractivity (Wildman–Crippen MR) is 112 cm³/mol. The minimum absolute atomic E-state index is 0.0364. The Balaban J connectivity index is 1.23. The smallest absolute Gasteiger partial charge is 0.238 e. The number of thiophene rings is 1. The number of nitrogens with zero attached hydrogens (tertiary/aromatic N) is 2. The topological polar surface area (TPSA) is 52.7 Å². The number of hydrogen-bond donors (Lipinski definition) is 1. The van der Waals surface area contributed by atoms with Gasteiger partial charge in [0.15, 0.2) is 0 Å². The van der Waals surface area contributed by atoms with Crippen LogP contribution in [0, 0.1) is 5.92 Å². The van der Waals surface area contributed by atoms with Gasteiger partial charge in [0.05, 0.1) is 6.54 Å². The molecule has 1 atom stereocenters. The molecule has 3 aliphatic rings. The first-order valence-electron chi connectivity index (χ1n) is 10.2. The van der Waals surface area contributed by atoms with Gasteiger partial charge in [0, 0.05) is 41.8 Å². The van der Waals surface area contributed by atoms with Crippen molar-refractivity contribution in [2.45, 2.75) is 38.1 Å². The number of nitrogens with one attached hydrogen (secondary N) is 1. The van der Waals surface area contributed by atoms with Gasteiger partial charge in [-0.2, -0.15) is 0 Å². The first kappa shape index (κ1) is 17.9. The molecule has 1 aromatic heterocycles. The highest BCUT2D eigenvalue weighted by atomic mass is 32.1. The molecule has 0 spiro atoms. The van der Waals surface area contributed by atoms with Crippen molar-refractivity contribution in [3.05, 3.63) is 46.2 Å². The van der Waals surface area contributed by atoms with Gasteiger partial charge >= 0.3 is 0 Å². The molecule has 1 saturated heterocycles. The molecule has 5 nitrogen and oxygen atoms in total. The molecule has 1 N–H and O–H groups in total. The van der Waals surface area contributed by atoms with E-state index < -0.39 is 0 Å². The van der Waals surface area contributed by atoms with E-state index >= 15 is 0 Å². The fourth-order valence-electron chi connectivity index (χ4n) is 4.57. The van der Waals surface area contributed by atoms with Crippen LogP contribution in [-0.2, 0) is 16.0 Å². The molecular formula is C22H25N3O2S. The van der Waals surface area contributed by atoms with Crippen molar-refractivity contribution in [3.63, 3.8) is 0 Å². The summed E-state index contributed by atoms with van der Waals surface area (Å²) < 4.78 is 0. The summed E-state index contributed by atoms with van der Waals surface area (Å²) in [6, 6.07) is 10.3. The SMILES string of the molecule is O=C(CN1CCc2sccc2[C@H]1C1CC1)Nc1ccc(N2CCCC2=O)cc1. The van der Waals surface area contributed by atoms with Crippen molar-refractivity contribution in [2.75, 3.05) is 29.9 Å². The van der Waals surface area contributed by atoms with Gasteiger partial charge in [-0.15, -0.1) is 11.3 Å². The lowest BCUT2D eigenvalue weighted by Gasteiger charge is -2.35. The third-order valence-corrected chi connectivity index (χ3v) is 7.07. The second-order valence-electron chi connectivity index (χ2n) is 8.05. The van der Waals surface area contributed by atoms with E-state index in [1.165, 1.54) is 23.3 Å². The van der Waals surface area contributed by atoms with Crippen molar-refractivity contribution >= 4 is 34.5 Å². The zero-order chi connectivity index (χ0) is 19.1. The third-order valence-electron chi connectivity index (χ3n) is 6.07. The molecule has 146 valence electrons. The lowest BCUT2D eigenvalue weighted by atomic mass is 9.96. The summed E-state index contributed by atoms with van der Waals surface area (Å²) in [7, 11) is 0. The highest BCUT2D eigenvalue weighted by molar-refractivity contribution is 7.10. The summed E-state index contributed by atoms with van der Waals surface area (Å²) in [6.07, 6.45) is 5.13. The van der Waals surface area contributed by atoms with E-state index in [0.717, 1.165) is 37.3 Å². The van der Waals surface area contributed by atoms with Crippen LogP contribution in [0.25, 0.3) is 0 Å². The normalized spacial score (nSPS) is 22.4. The van der Waals surface area contributed by atoms with E-state index in [1.54, 1.807) is 0 Å². The maximum absolute atomic E-state index is 12.7. The van der Waals surface area contributed by atoms with Gasteiger partial charge in [-0.25, -0.2) is 0 Å². The molecule has 28 heavy (non-hydrogen) atoms. The Morgan fingerprint density at radius 1 is 1.11 bits per heavy atom. The number of benzene rings is 1. The summed E-state index contributed by atoms with van der Waals surface area (Å²) in [5, 5.41) is 5.23. The molecule has 1 aliphatic carbocycles. The van der Waals surface area contributed by atoms with Crippen LogP contribution in [0.5, 0.6) is 0 Å². The van der Waals surface area contributed by atoms with Gasteiger partial charge in [-0.3, -0.25) is 14.5 Å². The van der Waals surface area contributed by atoms with Crippen molar-refractivity contribution in [1.82, 2.24) is 4.90 Å². The Bertz CT molecular complexity index is 887. The Hall–Kier alpha value is -2.18. The summed E-state index contributed by atoms with van der Waals surface area (Å²) >= 11 is 1.85. The molecule has 1 saturated carbocycles. The molecule has 2 amide bonds. The average molecular weight is 396 g/mol. The van der Waals surface area contributed by atoms with Gasteiger partial charge in [0.1, 0.15) is 0 Å². The number of rotatable bonds is 5. The quantitative estimate of drug-likeness (QED) is 0.837. The average Bonchev–Trinajstić information content (AvgIpc) is 3.25. The summed E-state index contributed by atoms with van der Waals surface area (Å²) in [5.74, 6) is 0.925. The van der Waals surface area contributed by atoms with Crippen LogP contribution in [0.15, 0.2) is 35.7 Å². The van der Waals surface area contributed by atoms with Gasteiger partial charge in [-0.05, 0) is 72.9 Å². The lowest BCUT2D eigenvalue weighted by molar-refractivity contribution is -0.118. The maximum atomic E-state index is 12.7. The first-order valence-corrected chi connectivity index (χ1v) is 11.1. The highest BCUT2D eigenvalue weighted by Gasteiger charge is 2.40. The van der Waals surface area contributed by atoms with Crippen LogP contribution in [-0.4, -0.2) is 36.3 Å². The standard InChI is InChI=1S/C22H25N3O2S/c26-20(23-16-5-7-17(8-6-16)25-11-1-2-21(25)27)14-24-12-9-19-18(10-13-28-19)22(24)15-3-4-15/h5-8,10,13,15,22H,1-4,9,11-12,14H2,(H,23,26)/t22-/m1/s1. The molecule has 0 radical (unpaired) electrons. The van der Waals surface area contributed by atoms with Crippen LogP contribution in [0.2, 0.25) is 0 Å². The Morgan fingerprint density at radius 2 is 1.93 bits per heavy atom. The molecule has 2 fully saturated rings. The zero-order valence-electron chi connectivity index (χ0n) is 15.9. The second-order valence-corrected chi connectivity index (χ2v) is 9.05. The fraction of sp³-hybridized carbons (Fsp3) is 0.455. The van der Waals surface area contributed by atoms with Crippen molar-refractivity contribution in [2.24, 2.45) is 5.92 Å². The van der Waals surface area contributed by atoms with Crippen LogP contribution >= 0.6 is 11.3 Å². The zero-order valence-corrected chi connectivity index (χ0v) is 16.7.